The van der Waals surface area contributed by atoms with Crippen molar-refractivity contribution in [3.05, 3.63) is 0 Å². The fraction of sp³-hybridized carbons (Fsp3) is 0.810. The number of hydrogen-bond acceptors (Lipinski definition) is 7. The van der Waals surface area contributed by atoms with Crippen LogP contribution in [0.5, 0.6) is 0 Å². The number of nitrogens with zero attached hydrogens (tertiary/aromatic N) is 1. The van der Waals surface area contributed by atoms with Crippen LogP contribution in [0.3, 0.4) is 0 Å². The molecule has 0 aliphatic carbocycles. The summed E-state index contributed by atoms with van der Waals surface area (Å²) in [5, 5.41) is 7.04. The summed E-state index contributed by atoms with van der Waals surface area (Å²) in [5.41, 5.74) is -1.16. The maximum absolute atomic E-state index is 12.6. The van der Waals surface area contributed by atoms with Crippen LogP contribution in [0.1, 0.15) is 74.7 Å². The van der Waals surface area contributed by atoms with E-state index in [0.29, 0.717) is 12.1 Å². The van der Waals surface area contributed by atoms with Crippen LogP contribution in [0.15, 0.2) is 5.16 Å². The van der Waals surface area contributed by atoms with E-state index < -0.39 is 35.1 Å². The van der Waals surface area contributed by atoms with E-state index >= 15 is 0 Å². The Morgan fingerprint density at radius 3 is 2.31 bits per heavy atom. The number of hydrogen-bond donors (Lipinski definition) is 1. The Hall–Kier alpha value is -2.12. The van der Waals surface area contributed by atoms with Crippen molar-refractivity contribution in [3.63, 3.8) is 0 Å². The van der Waals surface area contributed by atoms with E-state index in [2.05, 4.69) is 10.5 Å². The van der Waals surface area contributed by atoms with Gasteiger partial charge in [0.15, 0.2) is 0 Å². The van der Waals surface area contributed by atoms with Gasteiger partial charge in [-0.25, -0.2) is 4.79 Å². The first-order chi connectivity index (χ1) is 13.3. The van der Waals surface area contributed by atoms with Gasteiger partial charge in [0.05, 0.1) is 24.3 Å². The second kappa shape index (κ2) is 10.1. The highest BCUT2D eigenvalue weighted by Gasteiger charge is 2.48. The average molecular weight is 413 g/mol. The molecular formula is C21H36N2O6. The number of carbonyl (C=O) groups excluding carboxylic acids is 3. The summed E-state index contributed by atoms with van der Waals surface area (Å²) in [4.78, 5) is 42.5. The van der Waals surface area contributed by atoms with Crippen molar-refractivity contribution < 1.29 is 28.7 Å². The predicted octanol–water partition coefficient (Wildman–Crippen LogP) is 2.98. The molecule has 1 aliphatic heterocycles. The van der Waals surface area contributed by atoms with Gasteiger partial charge in [0.25, 0.3) is 0 Å². The van der Waals surface area contributed by atoms with Crippen LogP contribution in [-0.2, 0) is 28.7 Å². The molecule has 0 radical (unpaired) electrons. The minimum absolute atomic E-state index is 0.00304. The molecule has 1 heterocycles. The summed E-state index contributed by atoms with van der Waals surface area (Å²) in [6.45, 7) is 14.7. The van der Waals surface area contributed by atoms with Gasteiger partial charge in [0.1, 0.15) is 5.60 Å². The summed E-state index contributed by atoms with van der Waals surface area (Å²) < 4.78 is 10.5. The van der Waals surface area contributed by atoms with Crippen LogP contribution in [0.4, 0.5) is 0 Å². The largest absolute Gasteiger partial charge is 0.463 e. The summed E-state index contributed by atoms with van der Waals surface area (Å²) in [6, 6.07) is -0.406. The zero-order chi connectivity index (χ0) is 22.4. The van der Waals surface area contributed by atoms with Gasteiger partial charge in [-0.15, -0.1) is 0 Å². The third-order valence-electron chi connectivity index (χ3n) is 4.67. The van der Waals surface area contributed by atoms with Crippen LogP contribution in [-0.4, -0.2) is 47.4 Å². The number of nitrogens with one attached hydrogen (secondary N) is 1. The topological polar surface area (TPSA) is 103 Å². The van der Waals surface area contributed by atoms with E-state index in [1.165, 1.54) is 0 Å². The molecule has 29 heavy (non-hydrogen) atoms. The van der Waals surface area contributed by atoms with E-state index in [-0.39, 0.29) is 31.3 Å². The normalized spacial score (nSPS) is 21.1. The van der Waals surface area contributed by atoms with Crippen molar-refractivity contribution in [2.75, 3.05) is 6.61 Å². The van der Waals surface area contributed by atoms with Crippen LogP contribution in [0.25, 0.3) is 0 Å². The number of carbonyl (C=O) groups is 3. The molecular weight excluding hydrogens is 376 g/mol. The molecule has 0 aromatic rings. The monoisotopic (exact) mass is 412 g/mol. The fourth-order valence-electron chi connectivity index (χ4n) is 3.01. The zero-order valence-electron chi connectivity index (χ0n) is 19.0. The quantitative estimate of drug-likeness (QED) is 0.584. The Morgan fingerprint density at radius 2 is 1.83 bits per heavy atom. The standard InChI is InChI=1S/C21H36N2O6/c1-9-21(19(26)27-10-2)12-15(23-29-21)17(13(3)4)22-16(24)11-14(5)18(25)28-20(6,7)8/h13-14,17H,9-12H2,1-8H3,(H,22,24)/t14?,17-,21?/m0/s1. The van der Waals surface area contributed by atoms with Crippen molar-refractivity contribution in [1.82, 2.24) is 5.32 Å². The zero-order valence-corrected chi connectivity index (χ0v) is 19.0. The van der Waals surface area contributed by atoms with E-state index in [0.717, 1.165) is 0 Å². The molecule has 0 aromatic heterocycles. The second-order valence-corrected chi connectivity index (χ2v) is 8.85. The molecule has 0 saturated carbocycles. The van der Waals surface area contributed by atoms with Gasteiger partial charge < -0.3 is 19.6 Å². The minimum Gasteiger partial charge on any atom is -0.463 e. The number of oxime groups is 1. The van der Waals surface area contributed by atoms with Gasteiger partial charge in [-0.1, -0.05) is 32.9 Å². The molecule has 1 aliphatic rings. The third-order valence-corrected chi connectivity index (χ3v) is 4.67. The lowest BCUT2D eigenvalue weighted by Gasteiger charge is -2.26. The highest BCUT2D eigenvalue weighted by atomic mass is 16.7. The van der Waals surface area contributed by atoms with E-state index in [4.69, 9.17) is 14.3 Å². The molecule has 0 saturated heterocycles. The Morgan fingerprint density at radius 1 is 1.21 bits per heavy atom. The number of ether oxygens (including phenoxy) is 2. The Labute approximate surface area is 173 Å². The fourth-order valence-corrected chi connectivity index (χ4v) is 3.01. The lowest BCUT2D eigenvalue weighted by molar-refractivity contribution is -0.169. The first kappa shape index (κ1) is 24.9. The van der Waals surface area contributed by atoms with Gasteiger partial charge in [-0.2, -0.15) is 0 Å². The molecule has 2 unspecified atom stereocenters. The summed E-state index contributed by atoms with van der Waals surface area (Å²) in [7, 11) is 0. The smallest absolute Gasteiger partial charge is 0.353 e. The van der Waals surface area contributed by atoms with Crippen LogP contribution >= 0.6 is 0 Å². The number of rotatable bonds is 9. The van der Waals surface area contributed by atoms with Gasteiger partial charge in [0.2, 0.25) is 11.5 Å². The summed E-state index contributed by atoms with van der Waals surface area (Å²) in [5.74, 6) is -1.70. The van der Waals surface area contributed by atoms with Crippen LogP contribution in [0, 0.1) is 11.8 Å². The van der Waals surface area contributed by atoms with Gasteiger partial charge in [-0.05, 0) is 40.0 Å². The Kier molecular flexibility index (Phi) is 8.65. The molecule has 1 amide bonds. The molecule has 0 aromatic carbocycles. The van der Waals surface area contributed by atoms with Gasteiger partial charge in [0, 0.05) is 12.8 Å². The molecule has 0 spiro atoms. The SMILES string of the molecule is CCOC(=O)C1(CC)CC([C@@H](NC(=O)CC(C)C(=O)OC(C)(C)C)C(C)C)=NO1. The van der Waals surface area contributed by atoms with Crippen molar-refractivity contribution in [2.45, 2.75) is 91.9 Å². The van der Waals surface area contributed by atoms with Gasteiger partial charge in [-0.3, -0.25) is 9.59 Å². The molecule has 166 valence electrons. The van der Waals surface area contributed by atoms with E-state index in [9.17, 15) is 14.4 Å². The van der Waals surface area contributed by atoms with Crippen molar-refractivity contribution in [1.29, 1.82) is 0 Å². The second-order valence-electron chi connectivity index (χ2n) is 8.85. The summed E-state index contributed by atoms with van der Waals surface area (Å²) in [6.07, 6.45) is 0.670. The molecule has 0 fully saturated rings. The molecule has 1 rings (SSSR count). The van der Waals surface area contributed by atoms with Crippen LogP contribution in [0.2, 0.25) is 0 Å². The average Bonchev–Trinajstić information content (AvgIpc) is 3.03. The minimum atomic E-state index is -1.15. The van der Waals surface area contributed by atoms with Crippen molar-refractivity contribution >= 4 is 23.6 Å². The van der Waals surface area contributed by atoms with Gasteiger partial charge >= 0.3 is 11.9 Å². The lowest BCUT2D eigenvalue weighted by atomic mass is 9.88. The maximum atomic E-state index is 12.6. The predicted molar refractivity (Wildman–Crippen MR) is 109 cm³/mol. The molecule has 8 heteroatoms. The highest BCUT2D eigenvalue weighted by molar-refractivity contribution is 5.99. The number of esters is 2. The maximum Gasteiger partial charge on any atom is 0.353 e. The first-order valence-corrected chi connectivity index (χ1v) is 10.3. The van der Waals surface area contributed by atoms with Crippen LogP contribution < -0.4 is 5.32 Å². The Balaban J connectivity index is 2.78. The Bertz CT molecular complexity index is 638. The molecule has 3 atom stereocenters. The van der Waals surface area contributed by atoms with Crippen molar-refractivity contribution in [3.8, 4) is 0 Å². The molecule has 0 bridgehead atoms. The molecule has 1 N–H and O–H groups in total. The van der Waals surface area contributed by atoms with Crippen molar-refractivity contribution in [2.24, 2.45) is 17.0 Å². The third kappa shape index (κ3) is 7.01. The molecule has 8 nitrogen and oxygen atoms in total. The lowest BCUT2D eigenvalue weighted by Crippen LogP contribution is -2.47. The van der Waals surface area contributed by atoms with E-state index in [1.54, 1.807) is 34.6 Å². The number of amides is 1. The highest BCUT2D eigenvalue weighted by Crippen LogP contribution is 2.31. The summed E-state index contributed by atoms with van der Waals surface area (Å²) >= 11 is 0. The van der Waals surface area contributed by atoms with E-state index in [1.807, 2.05) is 20.8 Å². The first-order valence-electron chi connectivity index (χ1n) is 10.3.